The largest absolute Gasteiger partial charge is 0.490 e. The van der Waals surface area contributed by atoms with Gasteiger partial charge in [0.2, 0.25) is 0 Å². The highest BCUT2D eigenvalue weighted by Gasteiger charge is 2.11. The van der Waals surface area contributed by atoms with E-state index in [0.29, 0.717) is 28.9 Å². The summed E-state index contributed by atoms with van der Waals surface area (Å²) in [7, 11) is 0. The number of rotatable bonds is 6. The molecule has 0 radical (unpaired) electrons. The maximum Gasteiger partial charge on any atom is 0.349 e. The Balaban J connectivity index is 1.94. The van der Waals surface area contributed by atoms with Gasteiger partial charge in [-0.25, -0.2) is 4.79 Å². The van der Waals surface area contributed by atoms with Crippen LogP contribution >= 0.6 is 11.6 Å². The molecule has 0 aliphatic heterocycles. The molecule has 0 bridgehead atoms. The van der Waals surface area contributed by atoms with Crippen LogP contribution in [0.2, 0.25) is 5.02 Å². The van der Waals surface area contributed by atoms with Crippen molar-refractivity contribution in [2.75, 3.05) is 13.2 Å². The summed E-state index contributed by atoms with van der Waals surface area (Å²) in [6, 6.07) is 12.2. The van der Waals surface area contributed by atoms with E-state index in [9.17, 15) is 4.79 Å². The first-order valence-corrected chi connectivity index (χ1v) is 7.29. The minimum atomic E-state index is -0.500. The average Bonchev–Trinajstić information content (AvgIpc) is 2.51. The summed E-state index contributed by atoms with van der Waals surface area (Å²) in [5, 5.41) is 0.653. The number of carbonyl (C=O) groups excluding carboxylic acids is 1. The van der Waals surface area contributed by atoms with Gasteiger partial charge in [0.1, 0.15) is 5.75 Å². The summed E-state index contributed by atoms with van der Waals surface area (Å²) < 4.78 is 16.1. The molecule has 0 aliphatic rings. The summed E-state index contributed by atoms with van der Waals surface area (Å²) >= 11 is 5.94. The number of hydrogen-bond acceptors (Lipinski definition) is 4. The van der Waals surface area contributed by atoms with E-state index in [1.807, 2.05) is 19.9 Å². The van der Waals surface area contributed by atoms with Gasteiger partial charge < -0.3 is 14.2 Å². The molecular formula is C17H17ClO4. The Hall–Kier alpha value is -2.20. The molecule has 22 heavy (non-hydrogen) atoms. The Bertz CT molecular complexity index is 655. The number of carbonyl (C=O) groups is 1. The second-order valence-corrected chi connectivity index (χ2v) is 4.96. The van der Waals surface area contributed by atoms with Crippen molar-refractivity contribution in [2.24, 2.45) is 0 Å². The van der Waals surface area contributed by atoms with E-state index in [0.717, 1.165) is 5.56 Å². The highest BCUT2D eigenvalue weighted by atomic mass is 35.5. The summed E-state index contributed by atoms with van der Waals surface area (Å²) in [5.41, 5.74) is 0.884. The van der Waals surface area contributed by atoms with Crippen molar-refractivity contribution in [2.45, 2.75) is 13.8 Å². The van der Waals surface area contributed by atoms with Gasteiger partial charge >= 0.3 is 5.97 Å². The number of esters is 1. The van der Waals surface area contributed by atoms with Gasteiger partial charge in [-0.3, -0.25) is 0 Å². The van der Waals surface area contributed by atoms with Gasteiger partial charge in [0.25, 0.3) is 0 Å². The summed E-state index contributed by atoms with van der Waals surface area (Å²) in [5.74, 6) is 0.975. The number of aryl methyl sites for hydroxylation is 1. The van der Waals surface area contributed by atoms with Crippen LogP contribution in [0.5, 0.6) is 17.2 Å². The Morgan fingerprint density at radius 3 is 2.50 bits per heavy atom. The Labute approximate surface area is 134 Å². The van der Waals surface area contributed by atoms with Crippen LogP contribution in [0.3, 0.4) is 0 Å². The molecule has 0 saturated heterocycles. The van der Waals surface area contributed by atoms with Crippen LogP contribution in [0.4, 0.5) is 0 Å². The van der Waals surface area contributed by atoms with Gasteiger partial charge in [-0.05, 0) is 49.7 Å². The zero-order valence-electron chi connectivity index (χ0n) is 12.5. The predicted octanol–water partition coefficient (Wildman–Crippen LogP) is 4.03. The van der Waals surface area contributed by atoms with Gasteiger partial charge in [0.15, 0.2) is 18.1 Å². The van der Waals surface area contributed by atoms with Crippen molar-refractivity contribution in [1.82, 2.24) is 0 Å². The third-order valence-electron chi connectivity index (χ3n) is 2.86. The smallest absolute Gasteiger partial charge is 0.349 e. The molecule has 0 saturated carbocycles. The number of para-hydroxylation sites is 2. The van der Waals surface area contributed by atoms with E-state index in [-0.39, 0.29) is 6.61 Å². The lowest BCUT2D eigenvalue weighted by molar-refractivity contribution is -0.136. The van der Waals surface area contributed by atoms with Crippen LogP contribution in [-0.2, 0) is 4.79 Å². The molecule has 2 rings (SSSR count). The normalized spacial score (nSPS) is 10.1. The third kappa shape index (κ3) is 4.40. The molecule has 5 heteroatoms. The van der Waals surface area contributed by atoms with Gasteiger partial charge in [0, 0.05) is 5.02 Å². The molecule has 2 aromatic rings. The molecule has 0 fully saturated rings. The fraction of sp³-hybridized carbons (Fsp3) is 0.235. The Kier molecular flexibility index (Phi) is 5.67. The number of hydrogen-bond donors (Lipinski definition) is 0. The monoisotopic (exact) mass is 320 g/mol. The van der Waals surface area contributed by atoms with Gasteiger partial charge in [-0.2, -0.15) is 0 Å². The fourth-order valence-corrected chi connectivity index (χ4v) is 1.93. The van der Waals surface area contributed by atoms with E-state index in [4.69, 9.17) is 25.8 Å². The molecule has 0 N–H and O–H groups in total. The second-order valence-electron chi connectivity index (χ2n) is 4.55. The average molecular weight is 321 g/mol. The summed E-state index contributed by atoms with van der Waals surface area (Å²) in [6.07, 6.45) is 0. The van der Waals surface area contributed by atoms with Gasteiger partial charge in [-0.15, -0.1) is 0 Å². The zero-order valence-corrected chi connectivity index (χ0v) is 13.2. The van der Waals surface area contributed by atoms with E-state index >= 15 is 0 Å². The van der Waals surface area contributed by atoms with Crippen LogP contribution < -0.4 is 14.2 Å². The summed E-state index contributed by atoms with van der Waals surface area (Å²) in [4.78, 5) is 11.9. The predicted molar refractivity (Wildman–Crippen MR) is 84.9 cm³/mol. The first-order chi connectivity index (χ1) is 10.6. The SMILES string of the molecule is CCOc1ccccc1OC(=O)COc1ccc(Cl)c(C)c1. The molecular weight excluding hydrogens is 304 g/mol. The number of ether oxygens (including phenoxy) is 3. The molecule has 0 aromatic heterocycles. The molecule has 116 valence electrons. The molecule has 0 unspecified atom stereocenters. The molecule has 0 spiro atoms. The first kappa shape index (κ1) is 16.2. The van der Waals surface area contributed by atoms with Crippen LogP contribution in [0, 0.1) is 6.92 Å². The Morgan fingerprint density at radius 1 is 1.09 bits per heavy atom. The second kappa shape index (κ2) is 7.71. The lowest BCUT2D eigenvalue weighted by atomic mass is 10.2. The van der Waals surface area contributed by atoms with Crippen LogP contribution in [0.25, 0.3) is 0 Å². The molecule has 0 heterocycles. The quantitative estimate of drug-likeness (QED) is 0.595. The Morgan fingerprint density at radius 2 is 1.82 bits per heavy atom. The minimum absolute atomic E-state index is 0.193. The highest BCUT2D eigenvalue weighted by molar-refractivity contribution is 6.31. The first-order valence-electron chi connectivity index (χ1n) is 6.91. The lowest BCUT2D eigenvalue weighted by Gasteiger charge is -2.11. The maximum absolute atomic E-state index is 11.9. The molecule has 0 atom stereocenters. The van der Waals surface area contributed by atoms with Crippen molar-refractivity contribution >= 4 is 17.6 Å². The summed E-state index contributed by atoms with van der Waals surface area (Å²) in [6.45, 7) is 4.03. The van der Waals surface area contributed by atoms with E-state index < -0.39 is 5.97 Å². The maximum atomic E-state index is 11.9. The highest BCUT2D eigenvalue weighted by Crippen LogP contribution is 2.26. The molecule has 4 nitrogen and oxygen atoms in total. The van der Waals surface area contributed by atoms with E-state index in [1.165, 1.54) is 0 Å². The van der Waals surface area contributed by atoms with E-state index in [2.05, 4.69) is 0 Å². The number of benzene rings is 2. The van der Waals surface area contributed by atoms with Crippen LogP contribution in [0.15, 0.2) is 42.5 Å². The van der Waals surface area contributed by atoms with E-state index in [1.54, 1.807) is 36.4 Å². The van der Waals surface area contributed by atoms with Crippen molar-refractivity contribution < 1.29 is 19.0 Å². The molecule has 2 aromatic carbocycles. The topological polar surface area (TPSA) is 44.8 Å². The third-order valence-corrected chi connectivity index (χ3v) is 3.28. The van der Waals surface area contributed by atoms with Crippen LogP contribution in [-0.4, -0.2) is 19.2 Å². The van der Waals surface area contributed by atoms with Crippen LogP contribution in [0.1, 0.15) is 12.5 Å². The fourth-order valence-electron chi connectivity index (χ4n) is 1.81. The van der Waals surface area contributed by atoms with Gasteiger partial charge in [-0.1, -0.05) is 23.7 Å². The van der Waals surface area contributed by atoms with Gasteiger partial charge in [0.05, 0.1) is 6.61 Å². The standard InChI is InChI=1S/C17H17ClO4/c1-3-20-15-6-4-5-7-16(15)22-17(19)11-21-13-8-9-14(18)12(2)10-13/h4-10H,3,11H2,1-2H3. The molecule has 0 aliphatic carbocycles. The lowest BCUT2D eigenvalue weighted by Crippen LogP contribution is -2.18. The zero-order chi connectivity index (χ0) is 15.9. The molecule has 0 amide bonds. The minimum Gasteiger partial charge on any atom is -0.490 e. The van der Waals surface area contributed by atoms with Crippen molar-refractivity contribution in [1.29, 1.82) is 0 Å². The number of halogens is 1. The van der Waals surface area contributed by atoms with Crippen molar-refractivity contribution in [3.05, 3.63) is 53.1 Å². The van der Waals surface area contributed by atoms with Crippen molar-refractivity contribution in [3.63, 3.8) is 0 Å². The van der Waals surface area contributed by atoms with Crippen molar-refractivity contribution in [3.8, 4) is 17.2 Å².